The van der Waals surface area contributed by atoms with Crippen LogP contribution in [0, 0.1) is 5.82 Å². The molecular formula is C22H23FN4OS. The van der Waals surface area contributed by atoms with Crippen molar-refractivity contribution >= 4 is 22.6 Å². The van der Waals surface area contributed by atoms with Crippen LogP contribution in [0.4, 0.5) is 9.52 Å². The molecule has 1 amide bonds. The fourth-order valence-corrected chi connectivity index (χ4v) is 4.38. The van der Waals surface area contributed by atoms with Gasteiger partial charge in [-0.3, -0.25) is 4.79 Å². The Morgan fingerprint density at radius 2 is 2.00 bits per heavy atom. The smallest absolute Gasteiger partial charge is 0.243 e. The van der Waals surface area contributed by atoms with Crippen LogP contribution in [0.1, 0.15) is 42.8 Å². The molecule has 1 N–H and O–H groups in total. The van der Waals surface area contributed by atoms with E-state index in [4.69, 9.17) is 0 Å². The molecule has 1 aliphatic rings. The lowest BCUT2D eigenvalue weighted by atomic mass is 10.1. The van der Waals surface area contributed by atoms with Crippen molar-refractivity contribution in [3.8, 4) is 0 Å². The van der Waals surface area contributed by atoms with Gasteiger partial charge in [-0.1, -0.05) is 42.5 Å². The van der Waals surface area contributed by atoms with Gasteiger partial charge in [0.15, 0.2) is 0 Å². The van der Waals surface area contributed by atoms with Crippen LogP contribution in [0.25, 0.3) is 0 Å². The monoisotopic (exact) mass is 410 g/mol. The molecule has 0 bridgehead atoms. The molecule has 1 fully saturated rings. The molecule has 150 valence electrons. The second-order valence-electron chi connectivity index (χ2n) is 7.29. The quantitative estimate of drug-likeness (QED) is 0.664. The molecule has 0 aliphatic carbocycles. The highest BCUT2D eigenvalue weighted by atomic mass is 32.1. The first-order valence-electron chi connectivity index (χ1n) is 9.79. The summed E-state index contributed by atoms with van der Waals surface area (Å²) < 4.78 is 17.5. The zero-order chi connectivity index (χ0) is 20.2. The summed E-state index contributed by atoms with van der Waals surface area (Å²) in [6, 6.07) is 16.0. The molecule has 2 aromatic carbocycles. The fraction of sp³-hybridized carbons (Fsp3) is 0.318. The maximum absolute atomic E-state index is 13.1. The number of halogens is 1. The van der Waals surface area contributed by atoms with Gasteiger partial charge in [-0.25, -0.2) is 9.37 Å². The van der Waals surface area contributed by atoms with Crippen molar-refractivity contribution in [2.75, 3.05) is 11.4 Å². The van der Waals surface area contributed by atoms with Gasteiger partial charge in [-0.15, -0.1) is 0 Å². The van der Waals surface area contributed by atoms with Crippen molar-refractivity contribution in [1.29, 1.82) is 0 Å². The van der Waals surface area contributed by atoms with E-state index in [0.29, 0.717) is 12.2 Å². The summed E-state index contributed by atoms with van der Waals surface area (Å²) in [5, 5.41) is 3.90. The van der Waals surface area contributed by atoms with Gasteiger partial charge in [0.1, 0.15) is 17.7 Å². The number of carbonyl (C=O) groups is 1. The Balaban J connectivity index is 1.42. The summed E-state index contributed by atoms with van der Waals surface area (Å²) in [6.07, 6.45) is 2.30. The predicted molar refractivity (Wildman–Crippen MR) is 112 cm³/mol. The lowest BCUT2D eigenvalue weighted by Gasteiger charge is -2.24. The molecule has 0 radical (unpaired) electrons. The Hall–Kier alpha value is -2.80. The summed E-state index contributed by atoms with van der Waals surface area (Å²) in [5.74, 6) is 0.464. The maximum Gasteiger partial charge on any atom is 0.243 e. The van der Waals surface area contributed by atoms with E-state index in [-0.39, 0.29) is 23.8 Å². The van der Waals surface area contributed by atoms with Crippen molar-refractivity contribution in [1.82, 2.24) is 14.7 Å². The van der Waals surface area contributed by atoms with Gasteiger partial charge >= 0.3 is 0 Å². The SMILES string of the molecule is CC(NC(=O)C1CCCN1c1nc(Cc2ccc(F)cc2)ns1)c1ccccc1. The maximum atomic E-state index is 13.1. The molecule has 5 nitrogen and oxygen atoms in total. The largest absolute Gasteiger partial charge is 0.348 e. The average Bonchev–Trinajstić information content (AvgIpc) is 3.39. The number of nitrogens with zero attached hydrogens (tertiary/aromatic N) is 3. The van der Waals surface area contributed by atoms with E-state index < -0.39 is 0 Å². The minimum absolute atomic E-state index is 0.0223. The third kappa shape index (κ3) is 4.62. The van der Waals surface area contributed by atoms with Gasteiger partial charge in [-0.2, -0.15) is 4.37 Å². The van der Waals surface area contributed by atoms with Crippen LogP contribution in [-0.2, 0) is 11.2 Å². The molecule has 1 aromatic heterocycles. The van der Waals surface area contributed by atoms with E-state index in [1.807, 2.05) is 37.3 Å². The second-order valence-corrected chi connectivity index (χ2v) is 8.02. The number of anilines is 1. The Morgan fingerprint density at radius 3 is 2.76 bits per heavy atom. The molecule has 29 heavy (non-hydrogen) atoms. The minimum Gasteiger partial charge on any atom is -0.348 e. The van der Waals surface area contributed by atoms with Crippen molar-refractivity contribution in [2.24, 2.45) is 0 Å². The zero-order valence-electron chi connectivity index (χ0n) is 16.2. The summed E-state index contributed by atoms with van der Waals surface area (Å²) in [6.45, 7) is 2.79. The molecule has 0 spiro atoms. The average molecular weight is 411 g/mol. The molecule has 3 aromatic rings. The topological polar surface area (TPSA) is 58.1 Å². The molecule has 4 rings (SSSR count). The Labute approximate surface area is 173 Å². The van der Waals surface area contributed by atoms with Gasteiger partial charge in [-0.05, 0) is 43.0 Å². The van der Waals surface area contributed by atoms with Crippen molar-refractivity contribution < 1.29 is 9.18 Å². The normalized spacial score (nSPS) is 17.3. The predicted octanol–water partition coefficient (Wildman–Crippen LogP) is 4.11. The Morgan fingerprint density at radius 1 is 1.24 bits per heavy atom. The summed E-state index contributed by atoms with van der Waals surface area (Å²) >= 11 is 1.32. The van der Waals surface area contributed by atoms with Crippen LogP contribution in [0.5, 0.6) is 0 Å². The number of benzene rings is 2. The van der Waals surface area contributed by atoms with Gasteiger partial charge < -0.3 is 10.2 Å². The van der Waals surface area contributed by atoms with E-state index in [0.717, 1.165) is 35.6 Å². The van der Waals surface area contributed by atoms with E-state index >= 15 is 0 Å². The molecule has 0 saturated carbocycles. The van der Waals surface area contributed by atoms with Gasteiger partial charge in [0.25, 0.3) is 0 Å². The van der Waals surface area contributed by atoms with E-state index in [9.17, 15) is 9.18 Å². The minimum atomic E-state index is -0.253. The zero-order valence-corrected chi connectivity index (χ0v) is 17.0. The van der Waals surface area contributed by atoms with Crippen molar-refractivity contribution in [2.45, 2.75) is 38.3 Å². The van der Waals surface area contributed by atoms with Crippen LogP contribution in [0.15, 0.2) is 54.6 Å². The number of amides is 1. The number of aromatic nitrogens is 2. The highest BCUT2D eigenvalue weighted by molar-refractivity contribution is 7.09. The van der Waals surface area contributed by atoms with Crippen LogP contribution in [-0.4, -0.2) is 27.9 Å². The summed E-state index contributed by atoms with van der Waals surface area (Å²) in [5.41, 5.74) is 2.05. The van der Waals surface area contributed by atoms with Gasteiger partial charge in [0, 0.05) is 24.5 Å². The fourth-order valence-electron chi connectivity index (χ4n) is 3.62. The van der Waals surface area contributed by atoms with E-state index in [2.05, 4.69) is 19.6 Å². The van der Waals surface area contributed by atoms with Crippen LogP contribution in [0.3, 0.4) is 0 Å². The van der Waals surface area contributed by atoms with Crippen LogP contribution < -0.4 is 10.2 Å². The molecule has 7 heteroatoms. The van der Waals surface area contributed by atoms with Gasteiger partial charge in [0.2, 0.25) is 11.0 Å². The van der Waals surface area contributed by atoms with Crippen LogP contribution >= 0.6 is 11.5 Å². The van der Waals surface area contributed by atoms with Crippen molar-refractivity contribution in [3.05, 3.63) is 77.4 Å². The highest BCUT2D eigenvalue weighted by Crippen LogP contribution is 2.28. The molecule has 1 aliphatic heterocycles. The standard InChI is InChI=1S/C22H23FN4OS/c1-15(17-6-3-2-4-7-17)24-21(28)19-8-5-13-27(19)22-25-20(26-29-22)14-16-9-11-18(23)12-10-16/h2-4,6-7,9-12,15,19H,5,8,13-14H2,1H3,(H,24,28). The molecular weight excluding hydrogens is 387 g/mol. The highest BCUT2D eigenvalue weighted by Gasteiger charge is 2.33. The third-order valence-corrected chi connectivity index (χ3v) is 5.98. The van der Waals surface area contributed by atoms with Gasteiger partial charge in [0.05, 0.1) is 6.04 Å². The van der Waals surface area contributed by atoms with Crippen molar-refractivity contribution in [3.63, 3.8) is 0 Å². The first-order chi connectivity index (χ1) is 14.1. The lowest BCUT2D eigenvalue weighted by molar-refractivity contribution is -0.122. The second kappa shape index (κ2) is 8.69. The van der Waals surface area contributed by atoms with E-state index in [1.165, 1.54) is 23.7 Å². The first kappa shape index (κ1) is 19.5. The molecule has 2 heterocycles. The Kier molecular flexibility index (Phi) is 5.85. The lowest BCUT2D eigenvalue weighted by Crippen LogP contribution is -2.44. The Bertz CT molecular complexity index is 960. The summed E-state index contributed by atoms with van der Waals surface area (Å²) in [4.78, 5) is 19.6. The number of carbonyl (C=O) groups excluding carboxylic acids is 1. The summed E-state index contributed by atoms with van der Waals surface area (Å²) in [7, 11) is 0. The first-order valence-corrected chi connectivity index (χ1v) is 10.6. The molecule has 2 atom stereocenters. The number of nitrogens with one attached hydrogen (secondary N) is 1. The van der Waals surface area contributed by atoms with Crippen LogP contribution in [0.2, 0.25) is 0 Å². The number of hydrogen-bond donors (Lipinski definition) is 1. The third-order valence-electron chi connectivity index (χ3n) is 5.19. The molecule has 2 unspecified atom stereocenters. The number of rotatable bonds is 6. The number of hydrogen-bond acceptors (Lipinski definition) is 5. The van der Waals surface area contributed by atoms with E-state index in [1.54, 1.807) is 12.1 Å². The molecule has 1 saturated heterocycles.